The van der Waals surface area contributed by atoms with Crippen LogP contribution in [0.5, 0.6) is 0 Å². The zero-order chi connectivity index (χ0) is 13.0. The SMILES string of the molecule is CCNC(CC)c1nnc(-c2ccoc2CC)s1. The van der Waals surface area contributed by atoms with Gasteiger partial charge in [-0.2, -0.15) is 0 Å². The monoisotopic (exact) mass is 265 g/mol. The van der Waals surface area contributed by atoms with E-state index in [0.29, 0.717) is 6.04 Å². The van der Waals surface area contributed by atoms with Crippen LogP contribution in [0.25, 0.3) is 10.6 Å². The van der Waals surface area contributed by atoms with Crippen molar-refractivity contribution >= 4 is 11.3 Å². The van der Waals surface area contributed by atoms with Gasteiger partial charge >= 0.3 is 0 Å². The van der Waals surface area contributed by atoms with Crippen LogP contribution in [0.2, 0.25) is 0 Å². The fourth-order valence-electron chi connectivity index (χ4n) is 1.94. The summed E-state index contributed by atoms with van der Waals surface area (Å²) in [5, 5.41) is 14.0. The van der Waals surface area contributed by atoms with Crippen molar-refractivity contribution in [3.05, 3.63) is 23.1 Å². The Labute approximate surface area is 111 Å². The molecular formula is C13H19N3OS. The number of hydrogen-bond acceptors (Lipinski definition) is 5. The molecule has 0 spiro atoms. The molecule has 1 unspecified atom stereocenters. The predicted octanol–water partition coefficient (Wildman–Crippen LogP) is 3.42. The van der Waals surface area contributed by atoms with Crippen LogP contribution in [-0.2, 0) is 6.42 Å². The van der Waals surface area contributed by atoms with Crippen molar-refractivity contribution in [3.8, 4) is 10.6 Å². The van der Waals surface area contributed by atoms with Crippen LogP contribution >= 0.6 is 11.3 Å². The highest BCUT2D eigenvalue weighted by Crippen LogP contribution is 2.31. The molecule has 1 N–H and O–H groups in total. The number of furan rings is 1. The maximum Gasteiger partial charge on any atom is 0.151 e. The van der Waals surface area contributed by atoms with Crippen LogP contribution in [0.4, 0.5) is 0 Å². The summed E-state index contributed by atoms with van der Waals surface area (Å²) in [5.41, 5.74) is 1.08. The Morgan fingerprint density at radius 3 is 2.83 bits per heavy atom. The Bertz CT molecular complexity index is 492. The average Bonchev–Trinajstić information content (AvgIpc) is 3.03. The molecule has 98 valence electrons. The molecule has 0 aromatic carbocycles. The van der Waals surface area contributed by atoms with Crippen molar-refractivity contribution in [1.29, 1.82) is 0 Å². The highest BCUT2D eigenvalue weighted by Gasteiger charge is 2.17. The van der Waals surface area contributed by atoms with Gasteiger partial charge in [0.1, 0.15) is 10.8 Å². The molecule has 0 fully saturated rings. The third-order valence-electron chi connectivity index (χ3n) is 2.89. The third kappa shape index (κ3) is 2.62. The number of rotatable bonds is 6. The van der Waals surface area contributed by atoms with Gasteiger partial charge < -0.3 is 9.73 Å². The van der Waals surface area contributed by atoms with Gasteiger partial charge in [-0.25, -0.2) is 0 Å². The second kappa shape index (κ2) is 6.11. The predicted molar refractivity (Wildman–Crippen MR) is 73.7 cm³/mol. The largest absolute Gasteiger partial charge is 0.469 e. The van der Waals surface area contributed by atoms with Crippen molar-refractivity contribution in [2.75, 3.05) is 6.54 Å². The molecule has 2 heterocycles. The minimum atomic E-state index is 0.304. The average molecular weight is 265 g/mol. The van der Waals surface area contributed by atoms with Gasteiger partial charge in [0, 0.05) is 6.42 Å². The maximum absolute atomic E-state index is 5.44. The first kappa shape index (κ1) is 13.2. The summed E-state index contributed by atoms with van der Waals surface area (Å²) in [6, 6.07) is 2.27. The molecule has 0 saturated heterocycles. The van der Waals surface area contributed by atoms with Gasteiger partial charge in [0.2, 0.25) is 0 Å². The van der Waals surface area contributed by atoms with E-state index in [1.807, 2.05) is 6.07 Å². The molecule has 2 aromatic rings. The first-order chi connectivity index (χ1) is 8.80. The second-order valence-corrected chi connectivity index (χ2v) is 5.08. The molecule has 0 aliphatic heterocycles. The van der Waals surface area contributed by atoms with Crippen molar-refractivity contribution in [2.24, 2.45) is 0 Å². The molecule has 0 saturated carbocycles. The fraction of sp³-hybridized carbons (Fsp3) is 0.538. The number of nitrogens with zero attached hydrogens (tertiary/aromatic N) is 2. The molecule has 1 atom stereocenters. The van der Waals surface area contributed by atoms with E-state index in [2.05, 4.69) is 36.3 Å². The van der Waals surface area contributed by atoms with Crippen LogP contribution in [0.1, 0.15) is 44.0 Å². The van der Waals surface area contributed by atoms with Gasteiger partial charge in [0.15, 0.2) is 5.01 Å². The Kier molecular flexibility index (Phi) is 4.49. The summed E-state index contributed by atoms with van der Waals surface area (Å²) in [6.07, 6.45) is 3.62. The van der Waals surface area contributed by atoms with Crippen molar-refractivity contribution in [2.45, 2.75) is 39.7 Å². The molecule has 0 bridgehead atoms. The quantitative estimate of drug-likeness (QED) is 0.869. The van der Waals surface area contributed by atoms with Crippen LogP contribution in [0.3, 0.4) is 0 Å². The number of aromatic nitrogens is 2. The van der Waals surface area contributed by atoms with Gasteiger partial charge in [-0.05, 0) is 19.0 Å². The minimum absolute atomic E-state index is 0.304. The maximum atomic E-state index is 5.44. The molecule has 0 radical (unpaired) electrons. The van der Waals surface area contributed by atoms with Crippen molar-refractivity contribution in [1.82, 2.24) is 15.5 Å². The van der Waals surface area contributed by atoms with Crippen molar-refractivity contribution in [3.63, 3.8) is 0 Å². The molecule has 0 aliphatic rings. The van der Waals surface area contributed by atoms with Gasteiger partial charge in [0.25, 0.3) is 0 Å². The Balaban J connectivity index is 2.24. The molecule has 5 heteroatoms. The summed E-state index contributed by atoms with van der Waals surface area (Å²) < 4.78 is 5.44. The molecule has 4 nitrogen and oxygen atoms in total. The molecule has 0 amide bonds. The Morgan fingerprint density at radius 1 is 1.33 bits per heavy atom. The van der Waals surface area contributed by atoms with Crippen LogP contribution in [0.15, 0.2) is 16.7 Å². The Morgan fingerprint density at radius 2 is 2.17 bits per heavy atom. The summed E-state index contributed by atoms with van der Waals surface area (Å²) in [6.45, 7) is 7.29. The highest BCUT2D eigenvalue weighted by molar-refractivity contribution is 7.14. The zero-order valence-electron chi connectivity index (χ0n) is 11.1. The Hall–Kier alpha value is -1.20. The standard InChI is InChI=1S/C13H19N3OS/c1-4-10(14-6-3)13-16-15-12(18-13)9-7-8-17-11(9)5-2/h7-8,10,14H,4-6H2,1-3H3. The van der Waals surface area contributed by atoms with E-state index in [0.717, 1.165) is 40.7 Å². The van der Waals surface area contributed by atoms with E-state index in [4.69, 9.17) is 4.42 Å². The second-order valence-electron chi connectivity index (χ2n) is 4.07. The summed E-state index contributed by atoms with van der Waals surface area (Å²) >= 11 is 1.65. The lowest BCUT2D eigenvalue weighted by atomic mass is 10.2. The van der Waals surface area contributed by atoms with Gasteiger partial charge in [-0.3, -0.25) is 0 Å². The van der Waals surface area contributed by atoms with E-state index in [9.17, 15) is 0 Å². The molecular weight excluding hydrogens is 246 g/mol. The minimum Gasteiger partial charge on any atom is -0.469 e. The van der Waals surface area contributed by atoms with Crippen LogP contribution in [-0.4, -0.2) is 16.7 Å². The number of aryl methyl sites for hydroxylation is 1. The third-order valence-corrected chi connectivity index (χ3v) is 3.96. The lowest BCUT2D eigenvalue weighted by Gasteiger charge is -2.10. The van der Waals surface area contributed by atoms with Crippen molar-refractivity contribution < 1.29 is 4.42 Å². The molecule has 2 rings (SSSR count). The number of nitrogens with one attached hydrogen (secondary N) is 1. The lowest BCUT2D eigenvalue weighted by molar-refractivity contribution is 0.517. The normalized spacial score (nSPS) is 12.8. The molecule has 0 aliphatic carbocycles. The lowest BCUT2D eigenvalue weighted by Crippen LogP contribution is -2.19. The zero-order valence-corrected chi connectivity index (χ0v) is 11.9. The first-order valence-corrected chi connectivity index (χ1v) is 7.25. The van der Waals surface area contributed by atoms with Crippen LogP contribution in [0, 0.1) is 0 Å². The van der Waals surface area contributed by atoms with E-state index in [1.165, 1.54) is 0 Å². The highest BCUT2D eigenvalue weighted by atomic mass is 32.1. The summed E-state index contributed by atoms with van der Waals surface area (Å²) in [7, 11) is 0. The van der Waals surface area contributed by atoms with E-state index >= 15 is 0 Å². The summed E-state index contributed by atoms with van der Waals surface area (Å²) in [5.74, 6) is 0.981. The van der Waals surface area contributed by atoms with Gasteiger partial charge in [-0.15, -0.1) is 10.2 Å². The summed E-state index contributed by atoms with van der Waals surface area (Å²) in [4.78, 5) is 0. The number of hydrogen-bond donors (Lipinski definition) is 1. The first-order valence-electron chi connectivity index (χ1n) is 6.43. The van der Waals surface area contributed by atoms with E-state index in [-0.39, 0.29) is 0 Å². The molecule has 18 heavy (non-hydrogen) atoms. The molecule has 2 aromatic heterocycles. The fourth-order valence-corrected chi connectivity index (χ4v) is 2.99. The smallest absolute Gasteiger partial charge is 0.151 e. The van der Waals surface area contributed by atoms with Gasteiger partial charge in [-0.1, -0.05) is 32.1 Å². The van der Waals surface area contributed by atoms with E-state index < -0.39 is 0 Å². The van der Waals surface area contributed by atoms with E-state index in [1.54, 1.807) is 17.6 Å². The van der Waals surface area contributed by atoms with Crippen LogP contribution < -0.4 is 5.32 Å². The topological polar surface area (TPSA) is 51.0 Å². The van der Waals surface area contributed by atoms with Gasteiger partial charge in [0.05, 0.1) is 17.9 Å².